The van der Waals surface area contributed by atoms with Gasteiger partial charge in [-0.25, -0.2) is 4.98 Å². The second-order valence-electron chi connectivity index (χ2n) is 3.18. The average molecular weight is 309 g/mol. The first kappa shape index (κ1) is 11.9. The highest BCUT2D eigenvalue weighted by Crippen LogP contribution is 2.15. The minimum Gasteiger partial charge on any atom is -0.332 e. The Morgan fingerprint density at radius 3 is 2.82 bits per heavy atom. The first-order chi connectivity index (χ1) is 8.24. The van der Waals surface area contributed by atoms with E-state index < -0.39 is 0 Å². The van der Waals surface area contributed by atoms with Gasteiger partial charge in [-0.2, -0.15) is 0 Å². The number of anilines is 2. The minimum atomic E-state index is 0.476. The second-order valence-corrected chi connectivity index (χ2v) is 4.50. The van der Waals surface area contributed by atoms with Crippen LogP contribution in [0, 0.1) is 0 Å². The fraction of sp³-hybridized carbons (Fsp3) is 0. The van der Waals surface area contributed by atoms with E-state index in [0.29, 0.717) is 10.9 Å². The lowest BCUT2D eigenvalue weighted by atomic mass is 10.3. The first-order valence-corrected chi connectivity index (χ1v) is 6.04. The molecular weight excluding hydrogens is 300 g/mol. The third-order valence-electron chi connectivity index (χ3n) is 1.89. The van der Waals surface area contributed by atoms with Crippen LogP contribution < -0.4 is 10.6 Å². The molecule has 0 fully saturated rings. The summed E-state index contributed by atoms with van der Waals surface area (Å²) < 4.78 is 0.991. The zero-order chi connectivity index (χ0) is 12.1. The summed E-state index contributed by atoms with van der Waals surface area (Å²) in [5.41, 5.74) is 0.903. The zero-order valence-corrected chi connectivity index (χ0v) is 11.1. The van der Waals surface area contributed by atoms with Crippen molar-refractivity contribution in [2.24, 2.45) is 0 Å². The summed E-state index contributed by atoms with van der Waals surface area (Å²) in [7, 11) is 0. The van der Waals surface area contributed by atoms with Crippen molar-refractivity contribution in [3.05, 3.63) is 47.3 Å². The van der Waals surface area contributed by atoms with Crippen LogP contribution in [0.4, 0.5) is 11.5 Å². The Morgan fingerprint density at radius 2 is 2.12 bits per heavy atom. The Kier molecular flexibility index (Phi) is 4.00. The molecule has 0 bridgehead atoms. The van der Waals surface area contributed by atoms with E-state index in [4.69, 9.17) is 12.2 Å². The van der Waals surface area contributed by atoms with E-state index in [1.165, 1.54) is 0 Å². The van der Waals surface area contributed by atoms with Crippen molar-refractivity contribution >= 4 is 44.8 Å². The van der Waals surface area contributed by atoms with Gasteiger partial charge in [-0.15, -0.1) is 0 Å². The summed E-state index contributed by atoms with van der Waals surface area (Å²) in [6, 6.07) is 7.74. The molecule has 0 unspecified atom stereocenters. The summed E-state index contributed by atoms with van der Waals surface area (Å²) in [5.74, 6) is 0.611. The van der Waals surface area contributed by atoms with Gasteiger partial charge >= 0.3 is 0 Å². The lowest BCUT2D eigenvalue weighted by molar-refractivity contribution is 1.21. The van der Waals surface area contributed by atoms with Crippen molar-refractivity contribution in [3.8, 4) is 0 Å². The van der Waals surface area contributed by atoms with Gasteiger partial charge in [0.2, 0.25) is 0 Å². The predicted molar refractivity (Wildman–Crippen MR) is 76.0 cm³/mol. The molecule has 0 spiro atoms. The molecule has 86 valence electrons. The van der Waals surface area contributed by atoms with Crippen molar-refractivity contribution in [3.63, 3.8) is 0 Å². The van der Waals surface area contributed by atoms with E-state index in [9.17, 15) is 0 Å². The molecule has 0 aliphatic carbocycles. The van der Waals surface area contributed by atoms with Gasteiger partial charge < -0.3 is 10.6 Å². The molecule has 0 amide bonds. The lowest BCUT2D eigenvalue weighted by Crippen LogP contribution is -2.19. The van der Waals surface area contributed by atoms with E-state index in [2.05, 4.69) is 36.5 Å². The van der Waals surface area contributed by atoms with Crippen molar-refractivity contribution in [2.75, 3.05) is 10.6 Å². The molecule has 17 heavy (non-hydrogen) atoms. The van der Waals surface area contributed by atoms with Crippen LogP contribution in [0.1, 0.15) is 0 Å². The molecule has 4 nitrogen and oxygen atoms in total. The lowest BCUT2D eigenvalue weighted by Gasteiger charge is -2.09. The van der Waals surface area contributed by atoms with E-state index in [1.807, 2.05) is 24.3 Å². The monoisotopic (exact) mass is 308 g/mol. The number of nitrogens with one attached hydrogen (secondary N) is 2. The van der Waals surface area contributed by atoms with Crippen molar-refractivity contribution < 1.29 is 0 Å². The SMILES string of the molecule is S=C(Nc1cccc(Br)c1)Nc1cnccn1. The van der Waals surface area contributed by atoms with Crippen LogP contribution in [0.3, 0.4) is 0 Å². The molecular formula is C11H9BrN4S. The molecule has 0 aliphatic rings. The summed E-state index contributed by atoms with van der Waals surface area (Å²) in [6.07, 6.45) is 4.81. The maximum absolute atomic E-state index is 5.16. The standard InChI is InChI=1S/C11H9BrN4S/c12-8-2-1-3-9(6-8)15-11(17)16-10-7-13-4-5-14-10/h1-7H,(H2,14,15,16,17). The maximum atomic E-state index is 5.16. The molecule has 0 saturated heterocycles. The maximum Gasteiger partial charge on any atom is 0.176 e. The largest absolute Gasteiger partial charge is 0.332 e. The van der Waals surface area contributed by atoms with Crippen molar-refractivity contribution in [1.82, 2.24) is 9.97 Å². The summed E-state index contributed by atoms with van der Waals surface area (Å²) >= 11 is 8.55. The van der Waals surface area contributed by atoms with Gasteiger partial charge in [0.25, 0.3) is 0 Å². The highest BCUT2D eigenvalue weighted by molar-refractivity contribution is 9.10. The van der Waals surface area contributed by atoms with Crippen LogP contribution in [0.5, 0.6) is 0 Å². The van der Waals surface area contributed by atoms with Crippen LogP contribution in [0.15, 0.2) is 47.3 Å². The highest BCUT2D eigenvalue weighted by Gasteiger charge is 1.99. The number of rotatable bonds is 2. The van der Waals surface area contributed by atoms with Crippen molar-refractivity contribution in [2.45, 2.75) is 0 Å². The smallest absolute Gasteiger partial charge is 0.176 e. The fourth-order valence-corrected chi connectivity index (χ4v) is 1.83. The number of aromatic nitrogens is 2. The third kappa shape index (κ3) is 3.76. The number of halogens is 1. The molecule has 2 aromatic rings. The van der Waals surface area contributed by atoms with E-state index in [-0.39, 0.29) is 0 Å². The number of hydrogen-bond donors (Lipinski definition) is 2. The Hall–Kier alpha value is -1.53. The van der Waals surface area contributed by atoms with Gasteiger partial charge in [0, 0.05) is 22.6 Å². The van der Waals surface area contributed by atoms with Gasteiger partial charge in [0.1, 0.15) is 0 Å². The van der Waals surface area contributed by atoms with Crippen molar-refractivity contribution in [1.29, 1.82) is 0 Å². The molecule has 1 aromatic heterocycles. The molecule has 1 aromatic carbocycles. The molecule has 2 rings (SSSR count). The van der Waals surface area contributed by atoms with Crippen LogP contribution in [-0.4, -0.2) is 15.1 Å². The Balaban J connectivity index is 1.98. The van der Waals surface area contributed by atoms with Gasteiger partial charge in [-0.3, -0.25) is 4.98 Å². The minimum absolute atomic E-state index is 0.476. The molecule has 1 heterocycles. The van der Waals surface area contributed by atoms with Gasteiger partial charge in [-0.05, 0) is 30.4 Å². The Bertz CT molecular complexity index is 518. The van der Waals surface area contributed by atoms with Gasteiger partial charge in [0.15, 0.2) is 10.9 Å². The predicted octanol–water partition coefficient (Wildman–Crippen LogP) is 3.05. The Labute approximate surface area is 113 Å². The average Bonchev–Trinajstić information content (AvgIpc) is 2.30. The van der Waals surface area contributed by atoms with Gasteiger partial charge in [-0.1, -0.05) is 22.0 Å². The molecule has 0 radical (unpaired) electrons. The second kappa shape index (κ2) is 5.70. The van der Waals surface area contributed by atoms with E-state index in [1.54, 1.807) is 18.6 Å². The zero-order valence-electron chi connectivity index (χ0n) is 8.72. The highest BCUT2D eigenvalue weighted by atomic mass is 79.9. The number of hydrogen-bond acceptors (Lipinski definition) is 3. The van der Waals surface area contributed by atoms with E-state index >= 15 is 0 Å². The third-order valence-corrected chi connectivity index (χ3v) is 2.58. The topological polar surface area (TPSA) is 49.8 Å². The molecule has 2 N–H and O–H groups in total. The Morgan fingerprint density at radius 1 is 1.24 bits per heavy atom. The fourth-order valence-electron chi connectivity index (χ4n) is 1.21. The summed E-state index contributed by atoms with van der Waals surface area (Å²) in [5, 5.41) is 6.47. The van der Waals surface area contributed by atoms with E-state index in [0.717, 1.165) is 10.2 Å². The molecule has 0 saturated carbocycles. The normalized spacial score (nSPS) is 9.71. The number of nitrogens with zero attached hydrogens (tertiary/aromatic N) is 2. The molecule has 6 heteroatoms. The summed E-state index contributed by atoms with van der Waals surface area (Å²) in [6.45, 7) is 0. The van der Waals surface area contributed by atoms with Crippen LogP contribution in [0.25, 0.3) is 0 Å². The molecule has 0 atom stereocenters. The van der Waals surface area contributed by atoms with Crippen LogP contribution in [-0.2, 0) is 0 Å². The molecule has 0 aliphatic heterocycles. The first-order valence-electron chi connectivity index (χ1n) is 4.83. The van der Waals surface area contributed by atoms with Crippen LogP contribution in [0.2, 0.25) is 0 Å². The number of benzene rings is 1. The summed E-state index contributed by atoms with van der Waals surface area (Å²) in [4.78, 5) is 8.01. The quantitative estimate of drug-likeness (QED) is 0.835. The van der Waals surface area contributed by atoms with Crippen LogP contribution >= 0.6 is 28.1 Å². The number of thiocarbonyl (C=S) groups is 1. The van der Waals surface area contributed by atoms with Gasteiger partial charge in [0.05, 0.1) is 6.20 Å².